The minimum atomic E-state index is -0.774. The number of imide groups is 1. The first-order chi connectivity index (χ1) is 14.1. The summed E-state index contributed by atoms with van der Waals surface area (Å²) in [5.41, 5.74) is 2.50. The monoisotopic (exact) mass is 432 g/mol. The Morgan fingerprint density at radius 3 is 2.66 bits per heavy atom. The fraction of sp³-hybridized carbons (Fsp3) is 0.381. The maximum atomic E-state index is 12.7. The molecule has 3 amide bonds. The third-order valence-electron chi connectivity index (χ3n) is 4.49. The SMILES string of the molecule is CCOC(=O)NC(=O)c1c(NC(=O)CSCc2ccccc2)sc2c1CCCC2. The molecule has 0 fully saturated rings. The van der Waals surface area contributed by atoms with Crippen LogP contribution in [-0.2, 0) is 28.1 Å². The summed E-state index contributed by atoms with van der Waals surface area (Å²) >= 11 is 2.95. The number of benzene rings is 1. The first kappa shape index (κ1) is 21.4. The highest BCUT2D eigenvalue weighted by Crippen LogP contribution is 2.38. The van der Waals surface area contributed by atoms with Crippen molar-refractivity contribution in [3.05, 3.63) is 51.9 Å². The van der Waals surface area contributed by atoms with E-state index in [4.69, 9.17) is 4.74 Å². The summed E-state index contributed by atoms with van der Waals surface area (Å²) in [6.45, 7) is 1.86. The second-order valence-corrected chi connectivity index (χ2v) is 8.71. The normalized spacial score (nSPS) is 12.7. The molecule has 0 saturated carbocycles. The molecule has 0 radical (unpaired) electrons. The van der Waals surface area contributed by atoms with Gasteiger partial charge in [-0.05, 0) is 43.7 Å². The number of thioether (sulfide) groups is 1. The van der Waals surface area contributed by atoms with Gasteiger partial charge >= 0.3 is 6.09 Å². The molecular formula is C21H24N2O4S2. The van der Waals surface area contributed by atoms with Crippen molar-refractivity contribution in [2.24, 2.45) is 0 Å². The number of hydrogen-bond acceptors (Lipinski definition) is 6. The third kappa shape index (κ3) is 5.83. The zero-order valence-electron chi connectivity index (χ0n) is 16.3. The van der Waals surface area contributed by atoms with Gasteiger partial charge in [0.25, 0.3) is 5.91 Å². The van der Waals surface area contributed by atoms with Crippen molar-refractivity contribution in [1.29, 1.82) is 0 Å². The summed E-state index contributed by atoms with van der Waals surface area (Å²) in [6.07, 6.45) is 2.94. The minimum Gasteiger partial charge on any atom is -0.450 e. The predicted octanol–water partition coefficient (Wildman–Crippen LogP) is 4.39. The van der Waals surface area contributed by atoms with E-state index in [0.29, 0.717) is 10.6 Å². The number of thiophene rings is 1. The van der Waals surface area contributed by atoms with Gasteiger partial charge in [0, 0.05) is 10.6 Å². The molecule has 29 heavy (non-hydrogen) atoms. The summed E-state index contributed by atoms with van der Waals surface area (Å²) in [7, 11) is 0. The molecule has 3 rings (SSSR count). The number of carbonyl (C=O) groups is 3. The van der Waals surface area contributed by atoms with E-state index in [-0.39, 0.29) is 18.3 Å². The van der Waals surface area contributed by atoms with Crippen LogP contribution in [0.4, 0.5) is 9.80 Å². The molecule has 1 aliphatic rings. The molecule has 8 heteroatoms. The van der Waals surface area contributed by atoms with Crippen LogP contribution in [0, 0.1) is 0 Å². The van der Waals surface area contributed by atoms with E-state index in [0.717, 1.165) is 47.4 Å². The maximum Gasteiger partial charge on any atom is 0.414 e. The van der Waals surface area contributed by atoms with Crippen LogP contribution in [0.2, 0.25) is 0 Å². The molecule has 1 heterocycles. The molecule has 0 aliphatic heterocycles. The third-order valence-corrected chi connectivity index (χ3v) is 6.70. The number of carbonyl (C=O) groups excluding carboxylic acids is 3. The number of nitrogens with one attached hydrogen (secondary N) is 2. The van der Waals surface area contributed by atoms with Crippen molar-refractivity contribution in [3.8, 4) is 0 Å². The first-order valence-corrected chi connectivity index (χ1v) is 11.6. The largest absolute Gasteiger partial charge is 0.450 e. The van der Waals surface area contributed by atoms with Crippen LogP contribution in [0.1, 0.15) is 46.1 Å². The highest BCUT2D eigenvalue weighted by molar-refractivity contribution is 7.99. The van der Waals surface area contributed by atoms with Crippen LogP contribution in [0.15, 0.2) is 30.3 Å². The van der Waals surface area contributed by atoms with Crippen molar-refractivity contribution < 1.29 is 19.1 Å². The van der Waals surface area contributed by atoms with Gasteiger partial charge in [-0.15, -0.1) is 23.1 Å². The lowest BCUT2D eigenvalue weighted by Crippen LogP contribution is -2.32. The molecular weight excluding hydrogens is 408 g/mol. The molecule has 2 N–H and O–H groups in total. The highest BCUT2D eigenvalue weighted by Gasteiger charge is 2.27. The average Bonchev–Trinajstić information content (AvgIpc) is 3.06. The van der Waals surface area contributed by atoms with Crippen molar-refractivity contribution in [2.45, 2.75) is 38.4 Å². The number of alkyl carbamates (subject to hydrolysis) is 1. The number of rotatable bonds is 7. The van der Waals surface area contributed by atoms with Crippen LogP contribution < -0.4 is 10.6 Å². The van der Waals surface area contributed by atoms with Crippen LogP contribution in [0.5, 0.6) is 0 Å². The summed E-state index contributed by atoms with van der Waals surface area (Å²) in [5, 5.41) is 5.67. The molecule has 1 aromatic heterocycles. The standard InChI is InChI=1S/C21H24N2O4S2/c1-2-27-21(26)23-19(25)18-15-10-6-7-11-16(15)29-20(18)22-17(24)13-28-12-14-8-4-3-5-9-14/h3-5,8-9H,2,6-7,10-13H2,1H3,(H,22,24)(H,23,25,26). The fourth-order valence-corrected chi connectivity index (χ4v) is 5.31. The van der Waals surface area contributed by atoms with E-state index < -0.39 is 12.0 Å². The van der Waals surface area contributed by atoms with Crippen LogP contribution in [0.3, 0.4) is 0 Å². The lowest BCUT2D eigenvalue weighted by atomic mass is 9.95. The fourth-order valence-electron chi connectivity index (χ4n) is 3.22. The summed E-state index contributed by atoms with van der Waals surface area (Å²) in [5.74, 6) is 0.353. The Morgan fingerprint density at radius 1 is 1.14 bits per heavy atom. The average molecular weight is 433 g/mol. The van der Waals surface area contributed by atoms with E-state index >= 15 is 0 Å². The molecule has 154 valence electrons. The number of hydrogen-bond donors (Lipinski definition) is 2. The van der Waals surface area contributed by atoms with Gasteiger partial charge < -0.3 is 10.1 Å². The van der Waals surface area contributed by atoms with Crippen molar-refractivity contribution in [2.75, 3.05) is 17.7 Å². The van der Waals surface area contributed by atoms with Gasteiger partial charge in [-0.2, -0.15) is 0 Å². The Kier molecular flexibility index (Phi) is 7.71. The Hall–Kier alpha value is -2.32. The molecule has 0 unspecified atom stereocenters. The second-order valence-electron chi connectivity index (χ2n) is 6.62. The quantitative estimate of drug-likeness (QED) is 0.678. The lowest BCUT2D eigenvalue weighted by molar-refractivity contribution is -0.113. The van der Waals surface area contributed by atoms with Gasteiger partial charge in [0.15, 0.2) is 0 Å². The van der Waals surface area contributed by atoms with Crippen molar-refractivity contribution >= 4 is 46.0 Å². The molecule has 0 atom stereocenters. The lowest BCUT2D eigenvalue weighted by Gasteiger charge is -2.13. The molecule has 1 aromatic carbocycles. The van der Waals surface area contributed by atoms with Gasteiger partial charge in [-0.3, -0.25) is 14.9 Å². The predicted molar refractivity (Wildman–Crippen MR) is 117 cm³/mol. The Bertz CT molecular complexity index is 880. The van der Waals surface area contributed by atoms with E-state index in [9.17, 15) is 14.4 Å². The molecule has 0 saturated heterocycles. The molecule has 0 spiro atoms. The topological polar surface area (TPSA) is 84.5 Å². The van der Waals surface area contributed by atoms with Gasteiger partial charge in [-0.1, -0.05) is 30.3 Å². The summed E-state index contributed by atoms with van der Waals surface area (Å²) in [4.78, 5) is 38.0. The van der Waals surface area contributed by atoms with Gasteiger partial charge in [0.05, 0.1) is 17.9 Å². The highest BCUT2D eigenvalue weighted by atomic mass is 32.2. The van der Waals surface area contributed by atoms with E-state index in [2.05, 4.69) is 10.6 Å². The number of aryl methyl sites for hydroxylation is 1. The van der Waals surface area contributed by atoms with Crippen LogP contribution in [-0.4, -0.2) is 30.3 Å². The maximum absolute atomic E-state index is 12.7. The van der Waals surface area contributed by atoms with Crippen molar-refractivity contribution in [3.63, 3.8) is 0 Å². The van der Waals surface area contributed by atoms with Gasteiger partial charge in [-0.25, -0.2) is 4.79 Å². The summed E-state index contributed by atoms with van der Waals surface area (Å²) < 4.78 is 4.81. The molecule has 1 aliphatic carbocycles. The van der Waals surface area contributed by atoms with Crippen molar-refractivity contribution in [1.82, 2.24) is 5.32 Å². The number of ether oxygens (including phenoxy) is 1. The zero-order valence-corrected chi connectivity index (χ0v) is 17.9. The Labute approximate surface area is 178 Å². The van der Waals surface area contributed by atoms with Gasteiger partial charge in [0.1, 0.15) is 5.00 Å². The van der Waals surface area contributed by atoms with E-state index in [1.165, 1.54) is 23.1 Å². The second kappa shape index (κ2) is 10.5. The Morgan fingerprint density at radius 2 is 1.90 bits per heavy atom. The molecule has 6 nitrogen and oxygen atoms in total. The zero-order chi connectivity index (χ0) is 20.6. The molecule has 0 bridgehead atoms. The van der Waals surface area contributed by atoms with E-state index in [1.807, 2.05) is 30.3 Å². The smallest absolute Gasteiger partial charge is 0.414 e. The number of fused-ring (bicyclic) bond motifs is 1. The van der Waals surface area contributed by atoms with Gasteiger partial charge in [0.2, 0.25) is 5.91 Å². The first-order valence-electron chi connectivity index (χ1n) is 9.62. The molecule has 2 aromatic rings. The number of anilines is 1. The van der Waals surface area contributed by atoms with Crippen LogP contribution >= 0.6 is 23.1 Å². The Balaban J connectivity index is 1.67. The van der Waals surface area contributed by atoms with Crippen LogP contribution in [0.25, 0.3) is 0 Å². The summed E-state index contributed by atoms with van der Waals surface area (Å²) in [6, 6.07) is 9.95. The van der Waals surface area contributed by atoms with E-state index in [1.54, 1.807) is 6.92 Å². The minimum absolute atomic E-state index is 0.158. The number of amides is 3.